The minimum Gasteiger partial charge on any atom is -0.493 e. The fourth-order valence-corrected chi connectivity index (χ4v) is 1.67. The molecule has 0 unspecified atom stereocenters. The van der Waals surface area contributed by atoms with E-state index in [2.05, 4.69) is 15.5 Å². The molecule has 2 aromatic rings. The highest BCUT2D eigenvalue weighted by molar-refractivity contribution is 5.56. The Balaban J connectivity index is 2.13. The highest BCUT2D eigenvalue weighted by atomic mass is 16.6. The summed E-state index contributed by atoms with van der Waals surface area (Å²) < 4.78 is 5.46. The van der Waals surface area contributed by atoms with Gasteiger partial charge in [-0.25, -0.2) is 0 Å². The number of hydrogen-bond donors (Lipinski definition) is 2. The van der Waals surface area contributed by atoms with Crippen LogP contribution in [0.4, 0.5) is 11.4 Å². The number of non-ortho nitro benzene ring substituents is 1. The molecule has 0 bridgehead atoms. The first-order chi connectivity index (χ1) is 9.69. The number of nitrogens with zero attached hydrogens (tertiary/aromatic N) is 2. The van der Waals surface area contributed by atoms with Crippen LogP contribution in [0.25, 0.3) is 0 Å². The van der Waals surface area contributed by atoms with Crippen molar-refractivity contribution in [3.8, 4) is 5.75 Å². The Morgan fingerprint density at radius 1 is 1.45 bits per heavy atom. The molecular weight excluding hydrogens is 260 g/mol. The lowest BCUT2D eigenvalue weighted by Gasteiger charge is -2.09. The van der Waals surface area contributed by atoms with Crippen molar-refractivity contribution in [2.75, 3.05) is 11.9 Å². The Hall–Kier alpha value is -2.57. The maximum atomic E-state index is 10.9. The standard InChI is InChI=1S/C13H16N4O3/c1-2-5-20-13-7-11(6-12(8-13)17(18)19)14-9-10-3-4-15-16-10/h3-4,6-8,14H,2,5,9H2,1H3,(H,15,16). The summed E-state index contributed by atoms with van der Waals surface area (Å²) in [5.74, 6) is 0.494. The molecular formula is C13H16N4O3. The number of anilines is 1. The van der Waals surface area contributed by atoms with Crippen molar-refractivity contribution in [1.29, 1.82) is 0 Å². The average Bonchev–Trinajstić information content (AvgIpc) is 2.96. The Kier molecular flexibility index (Phi) is 4.54. The average molecular weight is 276 g/mol. The Labute approximate surface area is 116 Å². The summed E-state index contributed by atoms with van der Waals surface area (Å²) in [4.78, 5) is 10.5. The van der Waals surface area contributed by atoms with Gasteiger partial charge in [0.15, 0.2) is 0 Å². The maximum absolute atomic E-state index is 10.9. The van der Waals surface area contributed by atoms with Gasteiger partial charge in [-0.2, -0.15) is 5.10 Å². The fraction of sp³-hybridized carbons (Fsp3) is 0.308. The maximum Gasteiger partial charge on any atom is 0.275 e. The topological polar surface area (TPSA) is 93.1 Å². The van der Waals surface area contributed by atoms with Crippen LogP contribution < -0.4 is 10.1 Å². The van der Waals surface area contributed by atoms with Gasteiger partial charge in [0.1, 0.15) is 5.75 Å². The van der Waals surface area contributed by atoms with Crippen molar-refractivity contribution in [1.82, 2.24) is 10.2 Å². The molecule has 1 aromatic heterocycles. The van der Waals surface area contributed by atoms with E-state index in [1.165, 1.54) is 12.1 Å². The molecule has 20 heavy (non-hydrogen) atoms. The lowest BCUT2D eigenvalue weighted by atomic mass is 10.2. The summed E-state index contributed by atoms with van der Waals surface area (Å²) in [7, 11) is 0. The van der Waals surface area contributed by atoms with Crippen molar-refractivity contribution in [2.45, 2.75) is 19.9 Å². The minimum absolute atomic E-state index is 0.00529. The van der Waals surface area contributed by atoms with Gasteiger partial charge in [-0.1, -0.05) is 6.92 Å². The summed E-state index contributed by atoms with van der Waals surface area (Å²) in [5, 5.41) is 20.7. The van der Waals surface area contributed by atoms with Gasteiger partial charge in [0, 0.05) is 24.0 Å². The number of aromatic amines is 1. The summed E-state index contributed by atoms with van der Waals surface area (Å²) >= 11 is 0. The highest BCUT2D eigenvalue weighted by Gasteiger charge is 2.10. The van der Waals surface area contributed by atoms with Gasteiger partial charge in [0.05, 0.1) is 29.8 Å². The number of H-pyrrole nitrogens is 1. The first kappa shape index (κ1) is 13.9. The van der Waals surface area contributed by atoms with E-state index in [9.17, 15) is 10.1 Å². The van der Waals surface area contributed by atoms with Gasteiger partial charge in [0.25, 0.3) is 5.69 Å². The van der Waals surface area contributed by atoms with Crippen LogP contribution in [0, 0.1) is 10.1 Å². The van der Waals surface area contributed by atoms with Crippen LogP contribution in [-0.4, -0.2) is 21.7 Å². The molecule has 0 saturated carbocycles. The van der Waals surface area contributed by atoms with E-state index in [0.717, 1.165) is 12.1 Å². The van der Waals surface area contributed by atoms with Gasteiger partial charge in [-0.3, -0.25) is 15.2 Å². The summed E-state index contributed by atoms with van der Waals surface area (Å²) in [6, 6.07) is 6.49. The van der Waals surface area contributed by atoms with Crippen LogP contribution in [-0.2, 0) is 6.54 Å². The van der Waals surface area contributed by atoms with Gasteiger partial charge in [-0.15, -0.1) is 0 Å². The summed E-state index contributed by atoms with van der Waals surface area (Å²) in [6.45, 7) is 3.02. The number of aromatic nitrogens is 2. The Morgan fingerprint density at radius 2 is 2.30 bits per heavy atom. The quantitative estimate of drug-likeness (QED) is 0.599. The molecule has 0 amide bonds. The van der Waals surface area contributed by atoms with Gasteiger partial charge >= 0.3 is 0 Å². The van der Waals surface area contributed by atoms with E-state index in [1.54, 1.807) is 12.3 Å². The molecule has 0 atom stereocenters. The molecule has 1 aromatic carbocycles. The zero-order chi connectivity index (χ0) is 14.4. The summed E-state index contributed by atoms with van der Waals surface area (Å²) in [6.07, 6.45) is 2.50. The largest absolute Gasteiger partial charge is 0.493 e. The number of hydrogen-bond acceptors (Lipinski definition) is 5. The smallest absolute Gasteiger partial charge is 0.275 e. The lowest BCUT2D eigenvalue weighted by Crippen LogP contribution is -2.02. The molecule has 0 aliphatic carbocycles. The molecule has 0 spiro atoms. The third kappa shape index (κ3) is 3.71. The van der Waals surface area contributed by atoms with Crippen LogP contribution in [0.15, 0.2) is 30.5 Å². The predicted molar refractivity (Wildman–Crippen MR) is 74.8 cm³/mol. The SMILES string of the molecule is CCCOc1cc(NCc2ccn[nH]2)cc([N+](=O)[O-])c1. The van der Waals surface area contributed by atoms with Crippen molar-refractivity contribution in [2.24, 2.45) is 0 Å². The van der Waals surface area contributed by atoms with Crippen LogP contribution in [0.1, 0.15) is 19.0 Å². The van der Waals surface area contributed by atoms with E-state index < -0.39 is 4.92 Å². The molecule has 2 N–H and O–H groups in total. The van der Waals surface area contributed by atoms with E-state index in [0.29, 0.717) is 24.6 Å². The number of nitro benzene ring substituents is 1. The van der Waals surface area contributed by atoms with Crippen LogP contribution in [0.5, 0.6) is 5.75 Å². The fourth-order valence-electron chi connectivity index (χ4n) is 1.67. The zero-order valence-corrected chi connectivity index (χ0v) is 11.1. The third-order valence-corrected chi connectivity index (χ3v) is 2.62. The molecule has 0 radical (unpaired) electrons. The molecule has 0 aliphatic heterocycles. The second kappa shape index (κ2) is 6.55. The Bertz CT molecular complexity index is 569. The van der Waals surface area contributed by atoms with Gasteiger partial charge in [-0.05, 0) is 12.5 Å². The van der Waals surface area contributed by atoms with E-state index >= 15 is 0 Å². The van der Waals surface area contributed by atoms with Crippen molar-refractivity contribution in [3.63, 3.8) is 0 Å². The second-order valence-electron chi connectivity index (χ2n) is 4.26. The highest BCUT2D eigenvalue weighted by Crippen LogP contribution is 2.26. The molecule has 0 aliphatic rings. The molecule has 1 heterocycles. The minimum atomic E-state index is -0.430. The number of benzene rings is 1. The lowest BCUT2D eigenvalue weighted by molar-refractivity contribution is -0.384. The molecule has 7 nitrogen and oxygen atoms in total. The third-order valence-electron chi connectivity index (χ3n) is 2.62. The molecule has 2 rings (SSSR count). The van der Waals surface area contributed by atoms with Crippen molar-refractivity contribution < 1.29 is 9.66 Å². The predicted octanol–water partition coefficient (Wildman–Crippen LogP) is 2.72. The van der Waals surface area contributed by atoms with Gasteiger partial charge < -0.3 is 10.1 Å². The summed E-state index contributed by atoms with van der Waals surface area (Å²) in [5.41, 5.74) is 1.54. The van der Waals surface area contributed by atoms with Gasteiger partial charge in [0.2, 0.25) is 0 Å². The molecule has 0 fully saturated rings. The first-order valence-electron chi connectivity index (χ1n) is 6.33. The number of nitro groups is 1. The van der Waals surface area contributed by atoms with Crippen LogP contribution >= 0.6 is 0 Å². The Morgan fingerprint density at radius 3 is 2.95 bits per heavy atom. The van der Waals surface area contributed by atoms with E-state index in [1.807, 2.05) is 13.0 Å². The van der Waals surface area contributed by atoms with Crippen LogP contribution in [0.3, 0.4) is 0 Å². The molecule has 106 valence electrons. The monoisotopic (exact) mass is 276 g/mol. The van der Waals surface area contributed by atoms with E-state index in [-0.39, 0.29) is 5.69 Å². The van der Waals surface area contributed by atoms with E-state index in [4.69, 9.17) is 4.74 Å². The second-order valence-corrected chi connectivity index (χ2v) is 4.26. The first-order valence-corrected chi connectivity index (χ1v) is 6.33. The molecule has 7 heteroatoms. The normalized spacial score (nSPS) is 10.2. The zero-order valence-electron chi connectivity index (χ0n) is 11.1. The number of nitrogens with one attached hydrogen (secondary N) is 2. The van der Waals surface area contributed by atoms with Crippen molar-refractivity contribution in [3.05, 3.63) is 46.3 Å². The number of ether oxygens (including phenoxy) is 1. The van der Waals surface area contributed by atoms with Crippen LogP contribution in [0.2, 0.25) is 0 Å². The molecule has 0 saturated heterocycles. The number of rotatable bonds is 7. The van der Waals surface area contributed by atoms with Crippen molar-refractivity contribution >= 4 is 11.4 Å².